The molecule has 1 aromatic heterocycles. The molecule has 6 amide bonds. The lowest BCUT2D eigenvalue weighted by atomic mass is 9.98. The molecule has 1 saturated heterocycles. The van der Waals surface area contributed by atoms with Crippen molar-refractivity contribution in [2.75, 3.05) is 13.6 Å². The number of H-pyrrole nitrogens is 1. The number of phenols is 1. The van der Waals surface area contributed by atoms with Crippen LogP contribution in [0.2, 0.25) is 0 Å². The number of nitrogens with zero attached hydrogens (tertiary/aromatic N) is 1. The van der Waals surface area contributed by atoms with Gasteiger partial charge >= 0.3 is 0 Å². The van der Waals surface area contributed by atoms with E-state index in [2.05, 4.69) is 31.6 Å². The van der Waals surface area contributed by atoms with Crippen LogP contribution < -0.4 is 32.3 Å². The van der Waals surface area contributed by atoms with Gasteiger partial charge in [0.2, 0.25) is 35.4 Å². The van der Waals surface area contributed by atoms with E-state index in [0.29, 0.717) is 24.9 Å². The zero-order valence-electron chi connectivity index (χ0n) is 34.0. The third-order valence-electron chi connectivity index (χ3n) is 10.8. The first-order chi connectivity index (χ1) is 28.2. The average molecular weight is 809 g/mol. The van der Waals surface area contributed by atoms with Gasteiger partial charge in [0, 0.05) is 43.4 Å². The van der Waals surface area contributed by atoms with Gasteiger partial charge in [-0.05, 0) is 73.5 Å². The van der Waals surface area contributed by atoms with Crippen LogP contribution in [0.1, 0.15) is 56.7 Å². The molecule has 0 aliphatic carbocycles. The van der Waals surface area contributed by atoms with Crippen LogP contribution in [-0.2, 0) is 48.0 Å². The van der Waals surface area contributed by atoms with Crippen LogP contribution in [0.3, 0.4) is 0 Å². The normalized spacial score (nSPS) is 22.8. The van der Waals surface area contributed by atoms with E-state index in [4.69, 9.17) is 5.73 Å². The summed E-state index contributed by atoms with van der Waals surface area (Å²) in [5.41, 5.74) is 8.68. The molecule has 3 aromatic carbocycles. The maximum Gasteiger partial charge on any atom is 0.245 e. The van der Waals surface area contributed by atoms with Crippen molar-refractivity contribution < 1.29 is 33.9 Å². The Balaban J connectivity index is 1.57. The highest BCUT2D eigenvalue weighted by Gasteiger charge is 2.37. The molecule has 0 bridgehead atoms. The SMILES string of the molecule is CC(C)[C@@H]1NC(=O)[C@H](CCCCN)NC(=O)[C@@H](Cc2c[nH]c3ccccc23)NC(=O)[C@H](Cc2ccc(O)cc2)NC(=O)[C@@H](C)N(C)C(=O)[C@H](Cc2ccccc2)NC1=O. The number of nitrogens with one attached hydrogen (secondary N) is 6. The Labute approximate surface area is 344 Å². The topological polar surface area (TPSA) is 228 Å². The summed E-state index contributed by atoms with van der Waals surface area (Å²) >= 11 is 0. The summed E-state index contributed by atoms with van der Waals surface area (Å²) in [5, 5.41) is 24.9. The number of likely N-dealkylation sites (N-methyl/N-ethyl adjacent to an activating group) is 1. The fourth-order valence-corrected chi connectivity index (χ4v) is 7.12. The van der Waals surface area contributed by atoms with E-state index >= 15 is 0 Å². The maximum absolute atomic E-state index is 14.4. The fourth-order valence-electron chi connectivity index (χ4n) is 7.12. The van der Waals surface area contributed by atoms with Crippen molar-refractivity contribution in [3.05, 3.63) is 102 Å². The highest BCUT2D eigenvalue weighted by molar-refractivity contribution is 5.98. The number of phenolic OH excluding ortho intramolecular Hbond substituents is 1. The number of benzene rings is 3. The Morgan fingerprint density at radius 1 is 0.644 bits per heavy atom. The molecule has 1 fully saturated rings. The molecular weight excluding hydrogens is 753 g/mol. The lowest BCUT2D eigenvalue weighted by molar-refractivity contribution is -0.143. The van der Waals surface area contributed by atoms with Gasteiger partial charge in [0.05, 0.1) is 0 Å². The van der Waals surface area contributed by atoms with Crippen LogP contribution in [-0.4, -0.2) is 100 Å². The third kappa shape index (κ3) is 11.7. The monoisotopic (exact) mass is 808 g/mol. The maximum atomic E-state index is 14.4. The minimum absolute atomic E-state index is 0.0121. The molecule has 0 unspecified atom stereocenters. The number of hydrogen-bond acceptors (Lipinski definition) is 8. The Bertz CT molecular complexity index is 2090. The van der Waals surface area contributed by atoms with Gasteiger partial charge in [-0.2, -0.15) is 0 Å². The number of nitrogens with two attached hydrogens (primary N) is 1. The van der Waals surface area contributed by atoms with Gasteiger partial charge in [0.1, 0.15) is 42.0 Å². The first-order valence-electron chi connectivity index (χ1n) is 20.1. The smallest absolute Gasteiger partial charge is 0.245 e. The predicted octanol–water partition coefficient (Wildman–Crippen LogP) is 1.97. The molecule has 4 aromatic rings. The molecule has 59 heavy (non-hydrogen) atoms. The average Bonchev–Trinajstić information content (AvgIpc) is 3.63. The zero-order valence-corrected chi connectivity index (χ0v) is 34.0. The molecule has 1 aliphatic rings. The van der Waals surface area contributed by atoms with E-state index in [9.17, 15) is 33.9 Å². The second-order valence-corrected chi connectivity index (χ2v) is 15.5. The van der Waals surface area contributed by atoms with Gasteiger partial charge in [-0.25, -0.2) is 0 Å². The molecule has 9 N–H and O–H groups in total. The third-order valence-corrected chi connectivity index (χ3v) is 10.8. The molecular formula is C44H56N8O7. The van der Waals surface area contributed by atoms with Gasteiger partial charge in [0.25, 0.3) is 0 Å². The molecule has 15 nitrogen and oxygen atoms in total. The van der Waals surface area contributed by atoms with E-state index < -0.39 is 77.6 Å². The van der Waals surface area contributed by atoms with Crippen molar-refractivity contribution in [1.29, 1.82) is 0 Å². The highest BCUT2D eigenvalue weighted by atomic mass is 16.3. The predicted molar refractivity (Wildman–Crippen MR) is 224 cm³/mol. The number of fused-ring (bicyclic) bond motifs is 1. The van der Waals surface area contributed by atoms with Crippen LogP contribution in [0.4, 0.5) is 0 Å². The minimum atomic E-state index is -1.24. The van der Waals surface area contributed by atoms with E-state index in [1.807, 2.05) is 54.6 Å². The summed E-state index contributed by atoms with van der Waals surface area (Å²) in [5.74, 6) is -4.21. The van der Waals surface area contributed by atoms with Crippen molar-refractivity contribution in [3.63, 3.8) is 0 Å². The largest absolute Gasteiger partial charge is 0.508 e. The van der Waals surface area contributed by atoms with Gasteiger partial charge in [-0.15, -0.1) is 0 Å². The second-order valence-electron chi connectivity index (χ2n) is 15.5. The second kappa shape index (κ2) is 20.5. The number of aromatic nitrogens is 1. The molecule has 15 heteroatoms. The molecule has 5 rings (SSSR count). The summed E-state index contributed by atoms with van der Waals surface area (Å²) in [6.45, 7) is 5.38. The molecule has 0 spiro atoms. The molecule has 6 atom stereocenters. The Hall–Kier alpha value is -6.22. The summed E-state index contributed by atoms with van der Waals surface area (Å²) < 4.78 is 0. The van der Waals surface area contributed by atoms with E-state index in [1.165, 1.54) is 31.0 Å². The van der Waals surface area contributed by atoms with Crippen molar-refractivity contribution in [2.24, 2.45) is 11.7 Å². The molecule has 314 valence electrons. The van der Waals surface area contributed by atoms with Gasteiger partial charge in [0.15, 0.2) is 0 Å². The Morgan fingerprint density at radius 2 is 1.20 bits per heavy atom. The first-order valence-corrected chi connectivity index (χ1v) is 20.1. The summed E-state index contributed by atoms with van der Waals surface area (Å²) in [7, 11) is 1.44. The van der Waals surface area contributed by atoms with E-state index in [0.717, 1.165) is 22.0 Å². The van der Waals surface area contributed by atoms with Crippen LogP contribution in [0, 0.1) is 5.92 Å². The fraction of sp³-hybridized carbons (Fsp3) is 0.409. The number of aromatic amines is 1. The zero-order chi connectivity index (χ0) is 42.6. The number of amides is 6. The van der Waals surface area contributed by atoms with E-state index in [-0.39, 0.29) is 31.4 Å². The minimum Gasteiger partial charge on any atom is -0.508 e. The van der Waals surface area contributed by atoms with Crippen molar-refractivity contribution in [3.8, 4) is 5.75 Å². The Morgan fingerprint density at radius 3 is 1.88 bits per heavy atom. The van der Waals surface area contributed by atoms with Crippen LogP contribution >= 0.6 is 0 Å². The first kappa shape index (κ1) is 43.9. The molecule has 0 radical (unpaired) electrons. The Kier molecular flexibility index (Phi) is 15.2. The quantitative estimate of drug-likeness (QED) is 0.104. The van der Waals surface area contributed by atoms with E-state index in [1.54, 1.807) is 32.2 Å². The van der Waals surface area contributed by atoms with Crippen molar-refractivity contribution in [1.82, 2.24) is 36.5 Å². The highest BCUT2D eigenvalue weighted by Crippen LogP contribution is 2.20. The summed E-state index contributed by atoms with van der Waals surface area (Å²) in [6.07, 6.45) is 3.06. The molecule has 2 heterocycles. The number of para-hydroxylation sites is 1. The lowest BCUT2D eigenvalue weighted by Gasteiger charge is -2.32. The van der Waals surface area contributed by atoms with Gasteiger partial charge in [-0.1, -0.05) is 74.5 Å². The number of unbranched alkanes of at least 4 members (excludes halogenated alkanes) is 1. The van der Waals surface area contributed by atoms with Gasteiger partial charge in [-0.3, -0.25) is 28.8 Å². The standard InChI is InChI=1S/C44H56N8O7/c1-26(2)38-43(58)50-37(23-28-12-6-5-7-13-28)44(59)52(4)27(3)39(54)48-35(22-29-17-19-31(53)20-18-29)41(56)49-36(24-30-25-46-33-15-9-8-14-32(30)33)42(57)47-34(40(55)51-38)16-10-11-21-45/h5-9,12-15,17-20,25-27,34-38,46,53H,10-11,16,21-24,45H2,1-4H3,(H,47,57)(H,48,54)(H,49,56)(H,50,58)(H,51,55)/t27-,34+,35+,36-,37+,38+/m1/s1. The van der Waals surface area contributed by atoms with Crippen molar-refractivity contribution in [2.45, 2.75) is 95.5 Å². The number of carbonyl (C=O) groups is 6. The summed E-state index contributed by atoms with van der Waals surface area (Å²) in [6, 6.07) is 15.8. The van der Waals surface area contributed by atoms with Crippen molar-refractivity contribution >= 4 is 46.3 Å². The van der Waals surface area contributed by atoms with Crippen LogP contribution in [0.5, 0.6) is 5.75 Å². The number of rotatable bonds is 11. The molecule has 1 aliphatic heterocycles. The summed E-state index contributed by atoms with van der Waals surface area (Å²) in [4.78, 5) is 89.8. The number of hydrogen-bond donors (Lipinski definition) is 8. The van der Waals surface area contributed by atoms with Crippen LogP contribution in [0.25, 0.3) is 10.9 Å². The number of carbonyl (C=O) groups excluding carboxylic acids is 6. The van der Waals surface area contributed by atoms with Gasteiger partial charge < -0.3 is 47.3 Å². The lowest BCUT2D eigenvalue weighted by Crippen LogP contribution is -2.62. The molecule has 0 saturated carbocycles. The van der Waals surface area contributed by atoms with Crippen LogP contribution in [0.15, 0.2) is 85.1 Å². The number of aromatic hydroxyl groups is 1.